The second kappa shape index (κ2) is 10.0. The molecule has 9 heteroatoms. The van der Waals surface area contributed by atoms with Gasteiger partial charge in [0.05, 0.1) is 23.3 Å². The highest BCUT2D eigenvalue weighted by Gasteiger charge is 2.47. The van der Waals surface area contributed by atoms with E-state index in [1.54, 1.807) is 10.9 Å². The average molecular weight is 530 g/mol. The summed E-state index contributed by atoms with van der Waals surface area (Å²) < 4.78 is 1.77. The van der Waals surface area contributed by atoms with Crippen LogP contribution in [0.3, 0.4) is 0 Å². The highest BCUT2D eigenvalue weighted by Crippen LogP contribution is 2.46. The number of pyridine rings is 1. The first-order valence-electron chi connectivity index (χ1n) is 13.7. The van der Waals surface area contributed by atoms with Gasteiger partial charge in [-0.15, -0.1) is 0 Å². The van der Waals surface area contributed by atoms with Crippen LogP contribution in [0.1, 0.15) is 57.4 Å². The number of hydrogen-bond acceptors (Lipinski definition) is 5. The smallest absolute Gasteiger partial charge is 0.324 e. The van der Waals surface area contributed by atoms with Crippen LogP contribution in [-0.4, -0.2) is 57.8 Å². The number of aryl methyl sites for hydroxylation is 2. The van der Waals surface area contributed by atoms with Gasteiger partial charge in [0.1, 0.15) is 11.6 Å². The van der Waals surface area contributed by atoms with Crippen molar-refractivity contribution in [3.05, 3.63) is 59.4 Å². The second-order valence-corrected chi connectivity index (χ2v) is 12.2. The molecule has 3 aromatic rings. The fourth-order valence-electron chi connectivity index (χ4n) is 4.76. The van der Waals surface area contributed by atoms with E-state index < -0.39 is 0 Å². The normalized spacial score (nSPS) is 16.7. The van der Waals surface area contributed by atoms with Crippen molar-refractivity contribution in [2.24, 2.45) is 5.41 Å². The van der Waals surface area contributed by atoms with Crippen LogP contribution in [0.2, 0.25) is 0 Å². The first-order chi connectivity index (χ1) is 18.4. The minimum atomic E-state index is -0.359. The fraction of sp³-hybridized carbons (Fsp3) is 0.467. The molecule has 2 aromatic heterocycles. The molecule has 2 fully saturated rings. The molecule has 3 heterocycles. The highest BCUT2D eigenvalue weighted by atomic mass is 16.2. The Morgan fingerprint density at radius 3 is 2.21 bits per heavy atom. The van der Waals surface area contributed by atoms with Crippen molar-refractivity contribution in [1.29, 1.82) is 0 Å². The molecule has 1 saturated heterocycles. The molecule has 0 atom stereocenters. The number of hydrogen-bond donors (Lipinski definition) is 2. The largest absolute Gasteiger partial charge is 0.353 e. The summed E-state index contributed by atoms with van der Waals surface area (Å²) in [5.74, 6) is 1.74. The number of carbonyl (C=O) groups excluding carboxylic acids is 2. The molecule has 2 aliphatic rings. The number of piperazine rings is 1. The van der Waals surface area contributed by atoms with Gasteiger partial charge in [0.15, 0.2) is 0 Å². The van der Waals surface area contributed by atoms with Gasteiger partial charge in [0, 0.05) is 43.1 Å². The Kier molecular flexibility index (Phi) is 6.86. The van der Waals surface area contributed by atoms with E-state index in [1.165, 1.54) is 0 Å². The number of amides is 3. The minimum Gasteiger partial charge on any atom is -0.353 e. The van der Waals surface area contributed by atoms with Gasteiger partial charge in [0.2, 0.25) is 5.91 Å². The molecular formula is C30H39N7O2. The lowest BCUT2D eigenvalue weighted by Gasteiger charge is -2.36. The average Bonchev–Trinajstić information content (AvgIpc) is 3.50. The van der Waals surface area contributed by atoms with Gasteiger partial charge in [-0.25, -0.2) is 14.5 Å². The summed E-state index contributed by atoms with van der Waals surface area (Å²) in [7, 11) is 0. The molecule has 206 valence electrons. The number of nitrogens with zero attached hydrogens (tertiary/aromatic N) is 5. The Morgan fingerprint density at radius 2 is 1.62 bits per heavy atom. The van der Waals surface area contributed by atoms with Crippen LogP contribution in [-0.2, 0) is 10.2 Å². The first-order valence-corrected chi connectivity index (χ1v) is 13.7. The van der Waals surface area contributed by atoms with Crippen molar-refractivity contribution < 1.29 is 9.59 Å². The molecule has 0 bridgehead atoms. The van der Waals surface area contributed by atoms with E-state index in [0.29, 0.717) is 24.6 Å². The number of nitrogens with one attached hydrogen (secondary N) is 2. The third-order valence-corrected chi connectivity index (χ3v) is 7.75. The molecule has 0 unspecified atom stereocenters. The van der Waals surface area contributed by atoms with Crippen molar-refractivity contribution in [3.63, 3.8) is 0 Å². The molecule has 1 saturated carbocycles. The van der Waals surface area contributed by atoms with Crippen molar-refractivity contribution in [1.82, 2.24) is 19.7 Å². The van der Waals surface area contributed by atoms with Crippen LogP contribution in [0.5, 0.6) is 0 Å². The van der Waals surface area contributed by atoms with E-state index in [9.17, 15) is 9.59 Å². The molecule has 1 aromatic carbocycles. The van der Waals surface area contributed by atoms with Crippen molar-refractivity contribution in [2.75, 3.05) is 41.7 Å². The summed E-state index contributed by atoms with van der Waals surface area (Å²) in [6.45, 7) is 15.3. The lowest BCUT2D eigenvalue weighted by molar-refractivity contribution is -0.136. The number of benzene rings is 1. The van der Waals surface area contributed by atoms with E-state index >= 15 is 0 Å². The SMILES string of the molecule is Cc1ccc(-n2nc(C(C)(C)C)cc2NC(=O)Nc2cnc(N3CCN(C(=O)C4(C)CC4)CC3)cc2C)cc1. The third kappa shape index (κ3) is 5.77. The Morgan fingerprint density at radius 1 is 0.949 bits per heavy atom. The zero-order valence-electron chi connectivity index (χ0n) is 23.8. The monoisotopic (exact) mass is 529 g/mol. The topological polar surface area (TPSA) is 95.4 Å². The molecule has 9 nitrogen and oxygen atoms in total. The van der Waals surface area contributed by atoms with Crippen LogP contribution in [0.15, 0.2) is 42.6 Å². The number of anilines is 3. The zero-order chi connectivity index (χ0) is 27.9. The maximum Gasteiger partial charge on any atom is 0.324 e. The molecule has 0 spiro atoms. The lowest BCUT2D eigenvalue weighted by atomic mass is 9.92. The zero-order valence-corrected chi connectivity index (χ0v) is 23.8. The van der Waals surface area contributed by atoms with Gasteiger partial charge in [-0.2, -0.15) is 5.10 Å². The summed E-state index contributed by atoms with van der Waals surface area (Å²) in [5.41, 5.74) is 4.18. The Balaban J connectivity index is 1.25. The number of carbonyl (C=O) groups is 2. The van der Waals surface area contributed by atoms with Crippen molar-refractivity contribution in [2.45, 2.75) is 59.8 Å². The summed E-state index contributed by atoms with van der Waals surface area (Å²) in [6, 6.07) is 11.6. The molecular weight excluding hydrogens is 490 g/mol. The van der Waals surface area contributed by atoms with E-state index in [0.717, 1.165) is 54.3 Å². The summed E-state index contributed by atoms with van der Waals surface area (Å²) in [5, 5.41) is 10.7. The van der Waals surface area contributed by atoms with Gasteiger partial charge in [-0.3, -0.25) is 10.1 Å². The predicted molar refractivity (Wildman–Crippen MR) is 155 cm³/mol. The third-order valence-electron chi connectivity index (χ3n) is 7.75. The Labute approximate surface area is 230 Å². The van der Waals surface area contributed by atoms with Crippen molar-refractivity contribution in [3.8, 4) is 5.69 Å². The molecule has 1 aliphatic heterocycles. The van der Waals surface area contributed by atoms with Crippen LogP contribution < -0.4 is 15.5 Å². The lowest BCUT2D eigenvalue weighted by Crippen LogP contribution is -2.50. The number of rotatable bonds is 5. The van der Waals surface area contributed by atoms with Gasteiger partial charge >= 0.3 is 6.03 Å². The van der Waals surface area contributed by atoms with Crippen LogP contribution in [0, 0.1) is 19.3 Å². The van der Waals surface area contributed by atoms with E-state index in [1.807, 2.05) is 55.1 Å². The van der Waals surface area contributed by atoms with Crippen LogP contribution in [0.25, 0.3) is 5.69 Å². The molecule has 3 amide bonds. The quantitative estimate of drug-likeness (QED) is 0.469. The standard InChI is InChI=1S/C30H39N7O2/c1-20-7-9-22(10-8-20)37-26(18-24(34-37)29(3,4)5)33-28(39)32-23-19-31-25(17-21(23)2)35-13-15-36(16-14-35)27(38)30(6)11-12-30/h7-10,17-19H,11-16H2,1-6H3,(H2,32,33,39). The maximum absolute atomic E-state index is 13.1. The summed E-state index contributed by atoms with van der Waals surface area (Å²) >= 11 is 0. The summed E-state index contributed by atoms with van der Waals surface area (Å²) in [4.78, 5) is 34.5. The predicted octanol–water partition coefficient (Wildman–Crippen LogP) is 5.27. The molecule has 39 heavy (non-hydrogen) atoms. The van der Waals surface area contributed by atoms with E-state index in [2.05, 4.69) is 48.2 Å². The number of urea groups is 1. The van der Waals surface area contributed by atoms with Crippen LogP contribution >= 0.6 is 0 Å². The Bertz CT molecular complexity index is 1380. The van der Waals surface area contributed by atoms with E-state index in [4.69, 9.17) is 5.10 Å². The maximum atomic E-state index is 13.1. The number of aromatic nitrogens is 3. The molecule has 0 radical (unpaired) electrons. The molecule has 2 N–H and O–H groups in total. The van der Waals surface area contributed by atoms with E-state index in [-0.39, 0.29) is 22.8 Å². The van der Waals surface area contributed by atoms with Gasteiger partial charge < -0.3 is 15.1 Å². The molecule has 5 rings (SSSR count). The van der Waals surface area contributed by atoms with Crippen molar-refractivity contribution >= 4 is 29.3 Å². The molecule has 1 aliphatic carbocycles. The minimum absolute atomic E-state index is 0.128. The fourth-order valence-corrected chi connectivity index (χ4v) is 4.76. The van der Waals surface area contributed by atoms with Gasteiger partial charge in [-0.1, -0.05) is 45.4 Å². The highest BCUT2D eigenvalue weighted by molar-refractivity contribution is 6.00. The van der Waals surface area contributed by atoms with Crippen LogP contribution in [0.4, 0.5) is 22.1 Å². The van der Waals surface area contributed by atoms with Gasteiger partial charge in [-0.05, 0) is 50.5 Å². The first kappa shape index (κ1) is 26.7. The second-order valence-electron chi connectivity index (χ2n) is 12.2. The Hall–Kier alpha value is -3.88. The summed E-state index contributed by atoms with van der Waals surface area (Å²) in [6.07, 6.45) is 3.70. The van der Waals surface area contributed by atoms with Gasteiger partial charge in [0.25, 0.3) is 0 Å².